The third kappa shape index (κ3) is 2.34. The minimum atomic E-state index is -1.83. The molecule has 1 nitrogen and oxygen atoms in total. The molecule has 1 aliphatic carbocycles. The van der Waals surface area contributed by atoms with Gasteiger partial charge in [0.1, 0.15) is 8.07 Å². The molecule has 0 aromatic heterocycles. The largest absolute Gasteiger partial charge is 0.392 e. The smallest absolute Gasteiger partial charge is 0.112 e. The summed E-state index contributed by atoms with van der Waals surface area (Å²) in [6.07, 6.45) is 1.03. The molecule has 3 aromatic carbocycles. The van der Waals surface area contributed by atoms with E-state index >= 15 is 0 Å². The van der Waals surface area contributed by atoms with E-state index in [4.69, 9.17) is 0 Å². The molecule has 24 heavy (non-hydrogen) atoms. The summed E-state index contributed by atoms with van der Waals surface area (Å²) in [4.78, 5) is 0. The number of fused-ring (bicyclic) bond motifs is 3. The molecule has 0 saturated carbocycles. The normalized spacial score (nSPS) is 12.8. The lowest BCUT2D eigenvalue weighted by Crippen LogP contribution is -2.54. The Kier molecular flexibility index (Phi) is 3.67. The van der Waals surface area contributed by atoms with E-state index in [0.717, 1.165) is 12.0 Å². The van der Waals surface area contributed by atoms with E-state index in [1.807, 2.05) is 12.1 Å². The lowest BCUT2D eigenvalue weighted by molar-refractivity contribution is 0.283. The van der Waals surface area contributed by atoms with Gasteiger partial charge in [-0.2, -0.15) is 0 Å². The number of hydrogen-bond acceptors (Lipinski definition) is 1. The summed E-state index contributed by atoms with van der Waals surface area (Å²) >= 11 is 0. The standard InChI is InChI=1S/C22H22OSi/c1-24(2,22-10-6-4-8-17(22)15-23)19-11-12-21-18(14-19)13-16-7-3-5-9-20(16)21/h3-12,14,23H,13,15H2,1-2H3. The Labute approximate surface area is 144 Å². The molecule has 1 N–H and O–H groups in total. The Morgan fingerprint density at radius 2 is 1.54 bits per heavy atom. The number of aliphatic hydroxyl groups is 1. The second-order valence-corrected chi connectivity index (χ2v) is 11.5. The zero-order valence-corrected chi connectivity index (χ0v) is 15.2. The van der Waals surface area contributed by atoms with Crippen LogP contribution < -0.4 is 10.4 Å². The van der Waals surface area contributed by atoms with Crippen LogP contribution in [0.1, 0.15) is 16.7 Å². The zero-order chi connectivity index (χ0) is 16.7. The maximum atomic E-state index is 9.72. The molecule has 4 rings (SSSR count). The van der Waals surface area contributed by atoms with Crippen molar-refractivity contribution in [3.05, 3.63) is 83.4 Å². The Balaban J connectivity index is 1.80. The third-order valence-corrected chi connectivity index (χ3v) is 8.97. The van der Waals surface area contributed by atoms with Crippen LogP contribution in [0.15, 0.2) is 66.7 Å². The quantitative estimate of drug-likeness (QED) is 0.569. The first kappa shape index (κ1) is 15.4. The van der Waals surface area contributed by atoms with Crippen LogP contribution in [0.4, 0.5) is 0 Å². The molecule has 0 radical (unpaired) electrons. The summed E-state index contributed by atoms with van der Waals surface area (Å²) in [6.45, 7) is 4.87. The second kappa shape index (κ2) is 5.73. The van der Waals surface area contributed by atoms with E-state index in [9.17, 15) is 5.11 Å². The van der Waals surface area contributed by atoms with E-state index in [1.165, 1.54) is 32.6 Å². The second-order valence-electron chi connectivity index (χ2n) is 7.15. The van der Waals surface area contributed by atoms with Gasteiger partial charge in [0.15, 0.2) is 0 Å². The van der Waals surface area contributed by atoms with E-state index in [1.54, 1.807) is 0 Å². The van der Waals surface area contributed by atoms with Crippen LogP contribution >= 0.6 is 0 Å². The van der Waals surface area contributed by atoms with Gasteiger partial charge in [-0.1, -0.05) is 85.0 Å². The van der Waals surface area contributed by atoms with Gasteiger partial charge in [-0.15, -0.1) is 0 Å². The highest BCUT2D eigenvalue weighted by Crippen LogP contribution is 2.35. The van der Waals surface area contributed by atoms with Gasteiger partial charge in [0.2, 0.25) is 0 Å². The Morgan fingerprint density at radius 1 is 0.833 bits per heavy atom. The number of rotatable bonds is 3. The van der Waals surface area contributed by atoms with Gasteiger partial charge in [0, 0.05) is 0 Å². The summed E-state index contributed by atoms with van der Waals surface area (Å²) in [5.74, 6) is 0. The summed E-state index contributed by atoms with van der Waals surface area (Å²) in [6, 6.07) is 24.1. The third-order valence-electron chi connectivity index (χ3n) is 5.38. The van der Waals surface area contributed by atoms with E-state index in [2.05, 4.69) is 67.7 Å². The average Bonchev–Trinajstić information content (AvgIpc) is 2.99. The van der Waals surface area contributed by atoms with Gasteiger partial charge in [0.05, 0.1) is 6.61 Å². The molecule has 3 aromatic rings. The van der Waals surface area contributed by atoms with Crippen LogP contribution in [0.25, 0.3) is 11.1 Å². The first-order valence-electron chi connectivity index (χ1n) is 8.52. The van der Waals surface area contributed by atoms with Gasteiger partial charge in [-0.25, -0.2) is 0 Å². The fourth-order valence-electron chi connectivity index (χ4n) is 3.96. The van der Waals surface area contributed by atoms with Crippen molar-refractivity contribution < 1.29 is 5.11 Å². The first-order chi connectivity index (χ1) is 11.6. The zero-order valence-electron chi connectivity index (χ0n) is 14.2. The van der Waals surface area contributed by atoms with Crippen molar-refractivity contribution >= 4 is 18.4 Å². The SMILES string of the molecule is C[Si](C)(c1ccc2c(c1)Cc1ccccc1-2)c1ccccc1CO. The highest BCUT2D eigenvalue weighted by atomic mass is 28.3. The minimum Gasteiger partial charge on any atom is -0.392 e. The van der Waals surface area contributed by atoms with Gasteiger partial charge in [-0.3, -0.25) is 0 Å². The molecule has 0 heterocycles. The molecule has 1 aliphatic rings. The molecule has 0 unspecified atom stereocenters. The molecule has 2 heteroatoms. The Hall–Kier alpha value is -2.16. The van der Waals surface area contributed by atoms with E-state index < -0.39 is 8.07 Å². The Morgan fingerprint density at radius 3 is 2.38 bits per heavy atom. The van der Waals surface area contributed by atoms with Crippen LogP contribution in [0, 0.1) is 0 Å². The summed E-state index contributed by atoms with van der Waals surface area (Å²) in [5, 5.41) is 12.5. The molecular weight excluding hydrogens is 308 g/mol. The van der Waals surface area contributed by atoms with Crippen molar-refractivity contribution in [2.24, 2.45) is 0 Å². The van der Waals surface area contributed by atoms with Crippen molar-refractivity contribution in [3.63, 3.8) is 0 Å². The average molecular weight is 331 g/mol. The van der Waals surface area contributed by atoms with Gasteiger partial charge >= 0.3 is 0 Å². The monoisotopic (exact) mass is 330 g/mol. The maximum absolute atomic E-state index is 9.72. The summed E-state index contributed by atoms with van der Waals surface area (Å²) < 4.78 is 0. The molecule has 0 bridgehead atoms. The highest BCUT2D eigenvalue weighted by Gasteiger charge is 2.29. The summed E-state index contributed by atoms with van der Waals surface area (Å²) in [5.41, 5.74) is 6.71. The van der Waals surface area contributed by atoms with Gasteiger partial charge < -0.3 is 5.11 Å². The molecular formula is C22H22OSi. The molecule has 0 atom stereocenters. The van der Waals surface area contributed by atoms with Crippen LogP contribution in [-0.2, 0) is 13.0 Å². The van der Waals surface area contributed by atoms with Crippen LogP contribution in [0.5, 0.6) is 0 Å². The lowest BCUT2D eigenvalue weighted by atomic mass is 10.1. The van der Waals surface area contributed by atoms with Crippen molar-refractivity contribution in [3.8, 4) is 11.1 Å². The first-order valence-corrected chi connectivity index (χ1v) is 11.5. The van der Waals surface area contributed by atoms with Crippen molar-refractivity contribution in [1.82, 2.24) is 0 Å². The molecule has 0 aliphatic heterocycles. The maximum Gasteiger partial charge on any atom is 0.112 e. The van der Waals surface area contributed by atoms with Gasteiger partial charge in [0.25, 0.3) is 0 Å². The van der Waals surface area contributed by atoms with Gasteiger partial charge in [-0.05, 0) is 39.4 Å². The van der Waals surface area contributed by atoms with E-state index in [0.29, 0.717) is 0 Å². The fourth-order valence-corrected chi connectivity index (χ4v) is 6.78. The number of aliphatic hydroxyl groups excluding tert-OH is 1. The van der Waals surface area contributed by atoms with Crippen molar-refractivity contribution in [2.75, 3.05) is 0 Å². The number of benzene rings is 3. The Bertz CT molecular complexity index is 911. The predicted molar refractivity (Wildman–Crippen MR) is 104 cm³/mol. The van der Waals surface area contributed by atoms with Crippen molar-refractivity contribution in [1.29, 1.82) is 0 Å². The van der Waals surface area contributed by atoms with Crippen LogP contribution in [-0.4, -0.2) is 13.2 Å². The summed E-state index contributed by atoms with van der Waals surface area (Å²) in [7, 11) is -1.83. The lowest BCUT2D eigenvalue weighted by Gasteiger charge is -2.26. The van der Waals surface area contributed by atoms with Crippen LogP contribution in [0.2, 0.25) is 13.1 Å². The molecule has 0 fully saturated rings. The number of hydrogen-bond donors (Lipinski definition) is 1. The molecule has 0 amide bonds. The molecule has 0 spiro atoms. The minimum absolute atomic E-state index is 0.114. The topological polar surface area (TPSA) is 20.2 Å². The highest BCUT2D eigenvalue weighted by molar-refractivity contribution is 7.00. The predicted octanol–water partition coefficient (Wildman–Crippen LogP) is 3.57. The van der Waals surface area contributed by atoms with E-state index in [-0.39, 0.29) is 6.61 Å². The van der Waals surface area contributed by atoms with Crippen LogP contribution in [0.3, 0.4) is 0 Å². The molecule has 120 valence electrons. The molecule has 0 saturated heterocycles. The van der Waals surface area contributed by atoms with Crippen molar-refractivity contribution in [2.45, 2.75) is 26.1 Å². The fraction of sp³-hybridized carbons (Fsp3) is 0.182.